The lowest BCUT2D eigenvalue weighted by molar-refractivity contribution is -0.154. The Labute approximate surface area is 404 Å². The van der Waals surface area contributed by atoms with Crippen LogP contribution < -0.4 is 5.32 Å². The van der Waals surface area contributed by atoms with Crippen LogP contribution in [0.1, 0.15) is 121 Å². The number of rotatable bonds is 22. The van der Waals surface area contributed by atoms with Gasteiger partial charge in [-0.2, -0.15) is 18.3 Å². The summed E-state index contributed by atoms with van der Waals surface area (Å²) in [6, 6.07) is 10.7. The third-order valence-corrected chi connectivity index (χ3v) is 13.4. The highest BCUT2D eigenvalue weighted by molar-refractivity contribution is 7.17. The predicted molar refractivity (Wildman–Crippen MR) is 253 cm³/mol. The minimum absolute atomic E-state index is 0.0356. The van der Waals surface area contributed by atoms with Crippen LogP contribution in [0, 0.1) is 5.41 Å². The molecule has 4 aromatic rings. The number of aromatic nitrogens is 2. The number of ether oxygens (including phenoxy) is 2. The van der Waals surface area contributed by atoms with Crippen molar-refractivity contribution in [2.24, 2.45) is 5.41 Å². The molecule has 14 nitrogen and oxygen atoms in total. The number of ketones is 1. The van der Waals surface area contributed by atoms with Gasteiger partial charge in [0.1, 0.15) is 18.1 Å². The number of amides is 3. The summed E-state index contributed by atoms with van der Waals surface area (Å²) < 4.78 is 52.1. The number of carbonyl (C=O) groups excluding carboxylic acids is 6. The van der Waals surface area contributed by atoms with Crippen molar-refractivity contribution in [2.45, 2.75) is 105 Å². The Morgan fingerprint density at radius 2 is 1.57 bits per heavy atom. The Morgan fingerprint density at radius 1 is 0.912 bits per heavy atom. The second-order valence-corrected chi connectivity index (χ2v) is 19.0. The first-order valence-corrected chi connectivity index (χ1v) is 24.0. The number of fused-ring (bicyclic) bond motifs is 1. The van der Waals surface area contributed by atoms with Crippen molar-refractivity contribution in [3.8, 4) is 5.69 Å². The lowest BCUT2D eigenvalue weighted by atomic mass is 9.76. The first-order chi connectivity index (χ1) is 32.2. The smallest absolute Gasteiger partial charge is 0.417 e. The molecule has 1 N–H and O–H groups in total. The van der Waals surface area contributed by atoms with Crippen LogP contribution in [0.3, 0.4) is 0 Å². The van der Waals surface area contributed by atoms with Gasteiger partial charge in [0.2, 0.25) is 11.8 Å². The molecule has 0 atom stereocenters. The Balaban J connectivity index is 1.29. The zero-order chi connectivity index (χ0) is 49.9. The van der Waals surface area contributed by atoms with Gasteiger partial charge in [0.25, 0.3) is 5.91 Å². The molecular weight excluding hydrogens is 925 g/mol. The van der Waals surface area contributed by atoms with E-state index in [2.05, 4.69) is 43.0 Å². The molecule has 5 rings (SSSR count). The average Bonchev–Trinajstić information content (AvgIpc) is 3.91. The molecule has 68 heavy (non-hydrogen) atoms. The quantitative estimate of drug-likeness (QED) is 0.0596. The van der Waals surface area contributed by atoms with Crippen LogP contribution in [0.15, 0.2) is 54.9 Å². The van der Waals surface area contributed by atoms with Crippen molar-refractivity contribution in [1.82, 2.24) is 24.5 Å². The Bertz CT molecular complexity index is 2450. The molecule has 0 unspecified atom stereocenters. The van der Waals surface area contributed by atoms with Crippen LogP contribution >= 0.6 is 22.9 Å². The number of esters is 2. The van der Waals surface area contributed by atoms with Crippen molar-refractivity contribution in [3.05, 3.63) is 98.1 Å². The van der Waals surface area contributed by atoms with Crippen molar-refractivity contribution in [1.29, 1.82) is 0 Å². The minimum atomic E-state index is -4.69. The molecule has 19 heteroatoms. The first kappa shape index (κ1) is 53.4. The van der Waals surface area contributed by atoms with Gasteiger partial charge < -0.3 is 24.6 Å². The number of carbonyl (C=O) groups is 6. The van der Waals surface area contributed by atoms with Gasteiger partial charge in [-0.3, -0.25) is 33.7 Å². The molecule has 368 valence electrons. The fourth-order valence-corrected chi connectivity index (χ4v) is 9.90. The number of anilines is 1. The van der Waals surface area contributed by atoms with Gasteiger partial charge in [0.15, 0.2) is 5.78 Å². The van der Waals surface area contributed by atoms with E-state index in [4.69, 9.17) is 21.1 Å². The lowest BCUT2D eigenvalue weighted by Gasteiger charge is -2.32. The number of halogens is 4. The van der Waals surface area contributed by atoms with Gasteiger partial charge in [-0.25, -0.2) is 4.68 Å². The molecule has 0 spiro atoms. The van der Waals surface area contributed by atoms with Gasteiger partial charge in [0, 0.05) is 62.2 Å². The van der Waals surface area contributed by atoms with Gasteiger partial charge in [-0.15, -0.1) is 11.3 Å². The van der Waals surface area contributed by atoms with Gasteiger partial charge in [0.05, 0.1) is 46.8 Å². The number of hydrogen-bond donors (Lipinski definition) is 1. The predicted octanol–water partition coefficient (Wildman–Crippen LogP) is 8.79. The van der Waals surface area contributed by atoms with E-state index >= 15 is 0 Å². The van der Waals surface area contributed by atoms with Crippen LogP contribution in [0.5, 0.6) is 0 Å². The summed E-state index contributed by atoms with van der Waals surface area (Å²) in [5.41, 5.74) is 1.54. The molecular formula is C49H60ClF3N6O8S. The number of alkyl halides is 3. The average molecular weight is 986 g/mol. The Morgan fingerprint density at radius 3 is 2.21 bits per heavy atom. The summed E-state index contributed by atoms with van der Waals surface area (Å²) in [5.74, 6) is -3.04. The van der Waals surface area contributed by atoms with Crippen molar-refractivity contribution < 1.29 is 51.4 Å². The summed E-state index contributed by atoms with van der Waals surface area (Å²) >= 11 is 7.20. The molecule has 0 radical (unpaired) electrons. The van der Waals surface area contributed by atoms with Crippen LogP contribution in [0.25, 0.3) is 5.69 Å². The van der Waals surface area contributed by atoms with Crippen molar-refractivity contribution in [2.75, 3.05) is 51.8 Å². The molecule has 2 aromatic heterocycles. The Kier molecular flexibility index (Phi) is 18.5. The zero-order valence-electron chi connectivity index (χ0n) is 39.6. The highest BCUT2D eigenvalue weighted by atomic mass is 35.5. The molecule has 1 aliphatic carbocycles. The monoisotopic (exact) mass is 984 g/mol. The summed E-state index contributed by atoms with van der Waals surface area (Å²) in [6.07, 6.45) is 1.37. The second-order valence-electron chi connectivity index (χ2n) is 17.5. The number of benzene rings is 2. The fourth-order valence-electron chi connectivity index (χ4n) is 8.17. The third kappa shape index (κ3) is 14.0. The molecule has 2 aromatic carbocycles. The molecule has 1 aliphatic rings. The zero-order valence-corrected chi connectivity index (χ0v) is 41.2. The van der Waals surface area contributed by atoms with Crippen molar-refractivity contribution >= 4 is 63.4 Å². The molecule has 0 bridgehead atoms. The molecule has 0 saturated heterocycles. The van der Waals surface area contributed by atoms with E-state index in [1.165, 1.54) is 34.5 Å². The number of thiophene rings is 1. The van der Waals surface area contributed by atoms with E-state index in [1.807, 2.05) is 6.07 Å². The maximum atomic E-state index is 14.4. The van der Waals surface area contributed by atoms with Crippen molar-refractivity contribution in [3.63, 3.8) is 0 Å². The number of hydrogen-bond acceptors (Lipinski definition) is 11. The van der Waals surface area contributed by atoms with Gasteiger partial charge >= 0.3 is 18.1 Å². The van der Waals surface area contributed by atoms with E-state index in [1.54, 1.807) is 44.0 Å². The topological polar surface area (TPSA) is 160 Å². The molecule has 2 heterocycles. The first-order valence-electron chi connectivity index (χ1n) is 22.8. The van der Waals surface area contributed by atoms with Crippen LogP contribution in [-0.4, -0.2) is 112 Å². The molecule has 0 saturated carbocycles. The largest absolute Gasteiger partial charge is 0.465 e. The third-order valence-electron chi connectivity index (χ3n) is 11.9. The minimum Gasteiger partial charge on any atom is -0.465 e. The van der Waals surface area contributed by atoms with Gasteiger partial charge in [-0.05, 0) is 92.8 Å². The maximum Gasteiger partial charge on any atom is 0.417 e. The summed E-state index contributed by atoms with van der Waals surface area (Å²) in [5, 5.41) is 7.17. The van der Waals surface area contributed by atoms with Crippen LogP contribution in [0.4, 0.5) is 18.2 Å². The standard InChI is InChI=1S/C49H60ClF3N6O8S/c1-8-34(9-2)57(22-21-56(7)40(60)17-18-41(61)58(29-42(62)66-10-3)30-43(63)67-11-4)27-31-13-12-14-32(23-31)46(65)55-47-44(36-19-20-48(5,6)25-39(36)68-47)45(64)33-26-54-59(28-33)35-15-16-38(50)37(24-35)49(51,52)53/h12-16,23-24,26,28,34H,8-11,17-22,25,27,29-30H2,1-7H3,(H,55,65). The molecule has 0 fully saturated rings. The van der Waals surface area contributed by atoms with E-state index in [0.717, 1.165) is 52.3 Å². The fraction of sp³-hybridized carbons (Fsp3) is 0.490. The normalized spacial score (nSPS) is 13.2. The van der Waals surface area contributed by atoms with E-state index in [0.29, 0.717) is 48.6 Å². The number of nitrogens with one attached hydrogen (secondary N) is 1. The van der Waals surface area contributed by atoms with E-state index in [-0.39, 0.29) is 54.7 Å². The summed E-state index contributed by atoms with van der Waals surface area (Å²) in [4.78, 5) is 84.9. The molecule has 3 amide bonds. The maximum absolute atomic E-state index is 14.4. The SMILES string of the molecule is CCOC(=O)CN(CC(=O)OCC)C(=O)CCC(=O)N(C)CCN(Cc1cccc(C(=O)Nc2sc3c(c2C(=O)c2cnn(-c4ccc(Cl)c(C(F)(F)F)c4)c2)CCC(C)(C)C3)c1)C(CC)CC. The molecule has 0 aliphatic heterocycles. The highest BCUT2D eigenvalue weighted by Gasteiger charge is 2.35. The second kappa shape index (κ2) is 23.6. The van der Waals surface area contributed by atoms with Crippen LogP contribution in [0.2, 0.25) is 5.02 Å². The van der Waals surface area contributed by atoms with E-state index in [9.17, 15) is 41.9 Å². The van der Waals surface area contributed by atoms with Gasteiger partial charge in [-0.1, -0.05) is 51.4 Å². The summed E-state index contributed by atoms with van der Waals surface area (Å²) in [6.45, 7) is 12.3. The lowest BCUT2D eigenvalue weighted by Crippen LogP contribution is -2.42. The highest BCUT2D eigenvalue weighted by Crippen LogP contribution is 2.45. The van der Waals surface area contributed by atoms with E-state index < -0.39 is 59.4 Å². The van der Waals surface area contributed by atoms with Crippen LogP contribution in [-0.2, 0) is 54.2 Å². The number of likely N-dealkylation sites (N-methyl/N-ethyl adjacent to an activating group) is 1. The summed E-state index contributed by atoms with van der Waals surface area (Å²) in [7, 11) is 1.65. The Hall–Kier alpha value is -5.59. The number of nitrogens with zero attached hydrogens (tertiary/aromatic N) is 5.